The number of aromatic nitrogens is 4. The molecule has 2 aromatic carbocycles. The van der Waals surface area contributed by atoms with Gasteiger partial charge in [-0.2, -0.15) is 0 Å². The van der Waals surface area contributed by atoms with Crippen molar-refractivity contribution in [3.05, 3.63) is 59.7 Å². The summed E-state index contributed by atoms with van der Waals surface area (Å²) in [5.41, 5.74) is 5.70. The lowest BCUT2D eigenvalue weighted by atomic mass is 9.85. The highest BCUT2D eigenvalue weighted by Crippen LogP contribution is 2.31. The fourth-order valence-corrected chi connectivity index (χ4v) is 4.70. The molecule has 2 aromatic heterocycles. The number of ether oxygens (including phenoxy) is 1. The van der Waals surface area contributed by atoms with Gasteiger partial charge in [-0.05, 0) is 80.3 Å². The molecule has 0 radical (unpaired) electrons. The summed E-state index contributed by atoms with van der Waals surface area (Å²) in [6.45, 7) is 4.05. The molecule has 1 fully saturated rings. The Hall–Kier alpha value is -3.81. The highest BCUT2D eigenvalue weighted by Gasteiger charge is 2.24. The van der Waals surface area contributed by atoms with Gasteiger partial charge in [0.2, 0.25) is 0 Å². The summed E-state index contributed by atoms with van der Waals surface area (Å²) in [4.78, 5) is 27.3. The number of rotatable bonds is 6. The Morgan fingerprint density at radius 1 is 1.09 bits per heavy atom. The SMILES string of the molecule is Cc1ccc2[nH]c(-c3ccc(-c4cnc(OC5CCC(CC(=O)O)CC5)nc4)cc3F)nc2c1C. The van der Waals surface area contributed by atoms with Gasteiger partial charge >= 0.3 is 12.0 Å². The van der Waals surface area contributed by atoms with Crippen LogP contribution in [0.15, 0.2) is 42.7 Å². The van der Waals surface area contributed by atoms with Crippen LogP contribution in [-0.4, -0.2) is 37.1 Å². The van der Waals surface area contributed by atoms with Crippen molar-refractivity contribution >= 4 is 17.0 Å². The van der Waals surface area contributed by atoms with E-state index in [0.29, 0.717) is 22.5 Å². The number of nitrogens with zero attached hydrogens (tertiary/aromatic N) is 3. The maximum Gasteiger partial charge on any atom is 0.316 e. The highest BCUT2D eigenvalue weighted by atomic mass is 19.1. The Kier molecular flexibility index (Phi) is 6.19. The van der Waals surface area contributed by atoms with E-state index in [9.17, 15) is 4.79 Å². The van der Waals surface area contributed by atoms with Crippen molar-refractivity contribution in [2.45, 2.75) is 52.1 Å². The molecule has 0 spiro atoms. The number of imidazole rings is 1. The quantitative estimate of drug-likeness (QED) is 0.363. The van der Waals surface area contributed by atoms with Crippen molar-refractivity contribution in [3.63, 3.8) is 0 Å². The van der Waals surface area contributed by atoms with Crippen LogP contribution in [0.4, 0.5) is 4.39 Å². The summed E-state index contributed by atoms with van der Waals surface area (Å²) in [7, 11) is 0. The predicted octanol–water partition coefficient (Wildman–Crippen LogP) is 5.86. The van der Waals surface area contributed by atoms with Gasteiger partial charge in [0.1, 0.15) is 17.7 Å². The number of carboxylic acids is 1. The van der Waals surface area contributed by atoms with Crippen molar-refractivity contribution in [2.75, 3.05) is 0 Å². The molecule has 35 heavy (non-hydrogen) atoms. The summed E-state index contributed by atoms with van der Waals surface area (Å²) >= 11 is 0. The number of hydrogen-bond donors (Lipinski definition) is 2. The van der Waals surface area contributed by atoms with E-state index in [0.717, 1.165) is 47.8 Å². The van der Waals surface area contributed by atoms with Gasteiger partial charge in [-0.15, -0.1) is 0 Å². The summed E-state index contributed by atoms with van der Waals surface area (Å²) in [6, 6.07) is 9.27. The summed E-state index contributed by atoms with van der Waals surface area (Å²) in [6.07, 6.45) is 6.67. The smallest absolute Gasteiger partial charge is 0.316 e. The molecular formula is C27H27FN4O3. The molecule has 4 aromatic rings. The Morgan fingerprint density at radius 3 is 2.51 bits per heavy atom. The number of carboxylic acid groups (broad SMARTS) is 1. The van der Waals surface area contributed by atoms with E-state index < -0.39 is 5.97 Å². The van der Waals surface area contributed by atoms with Crippen molar-refractivity contribution in [2.24, 2.45) is 5.92 Å². The minimum absolute atomic E-state index is 0.0149. The highest BCUT2D eigenvalue weighted by molar-refractivity contribution is 5.83. The fourth-order valence-electron chi connectivity index (χ4n) is 4.70. The molecule has 7 nitrogen and oxygen atoms in total. The van der Waals surface area contributed by atoms with Gasteiger partial charge in [0.25, 0.3) is 0 Å². The van der Waals surface area contributed by atoms with E-state index in [4.69, 9.17) is 9.84 Å². The second-order valence-corrected chi connectivity index (χ2v) is 9.30. The largest absolute Gasteiger partial charge is 0.481 e. The number of aromatic amines is 1. The first kappa shape index (κ1) is 23.0. The van der Waals surface area contributed by atoms with Gasteiger partial charge in [-0.25, -0.2) is 19.3 Å². The minimum Gasteiger partial charge on any atom is -0.481 e. The standard InChI is InChI=1S/C27H27FN4O3/c1-15-3-10-23-25(16(15)2)32-26(31-23)21-9-6-18(12-22(21)28)19-13-29-27(30-14-19)35-20-7-4-17(5-8-20)11-24(33)34/h3,6,9-10,12-14,17,20H,4-5,7-8,11H2,1-2H3,(H,31,32)(H,33,34). The minimum atomic E-state index is -0.750. The molecular weight excluding hydrogens is 447 g/mol. The molecule has 0 aliphatic heterocycles. The van der Waals surface area contributed by atoms with Crippen LogP contribution in [0.1, 0.15) is 43.2 Å². The second kappa shape index (κ2) is 9.44. The van der Waals surface area contributed by atoms with Crippen molar-refractivity contribution in [1.29, 1.82) is 0 Å². The third kappa shape index (κ3) is 4.87. The van der Waals surface area contributed by atoms with Crippen LogP contribution < -0.4 is 4.74 Å². The lowest BCUT2D eigenvalue weighted by molar-refractivity contribution is -0.138. The Morgan fingerprint density at radius 2 is 1.83 bits per heavy atom. The van der Waals surface area contributed by atoms with Gasteiger partial charge in [0, 0.05) is 24.4 Å². The molecule has 1 saturated carbocycles. The topological polar surface area (TPSA) is 101 Å². The number of benzene rings is 2. The van der Waals surface area contributed by atoms with Crippen LogP contribution in [0, 0.1) is 25.6 Å². The van der Waals surface area contributed by atoms with Gasteiger partial charge in [0.05, 0.1) is 16.6 Å². The van der Waals surface area contributed by atoms with Crippen LogP contribution in [0.2, 0.25) is 0 Å². The fraction of sp³-hybridized carbons (Fsp3) is 0.333. The molecule has 2 heterocycles. The molecule has 0 bridgehead atoms. The zero-order valence-corrected chi connectivity index (χ0v) is 19.7. The summed E-state index contributed by atoms with van der Waals surface area (Å²) < 4.78 is 21.0. The van der Waals surface area contributed by atoms with Crippen LogP contribution in [0.5, 0.6) is 6.01 Å². The van der Waals surface area contributed by atoms with Crippen LogP contribution in [-0.2, 0) is 4.79 Å². The number of carbonyl (C=O) groups is 1. The summed E-state index contributed by atoms with van der Waals surface area (Å²) in [5.74, 6) is -0.424. The first-order valence-electron chi connectivity index (χ1n) is 11.8. The van der Waals surface area contributed by atoms with E-state index in [2.05, 4.69) is 19.9 Å². The van der Waals surface area contributed by atoms with Crippen LogP contribution in [0.25, 0.3) is 33.5 Å². The molecule has 2 N–H and O–H groups in total. The lowest BCUT2D eigenvalue weighted by Crippen LogP contribution is -2.25. The molecule has 5 rings (SSSR count). The molecule has 0 unspecified atom stereocenters. The predicted molar refractivity (Wildman–Crippen MR) is 131 cm³/mol. The van der Waals surface area contributed by atoms with Crippen molar-refractivity contribution in [3.8, 4) is 28.5 Å². The maximum absolute atomic E-state index is 15.1. The normalized spacial score (nSPS) is 18.0. The van der Waals surface area contributed by atoms with E-state index in [1.807, 2.05) is 32.0 Å². The van der Waals surface area contributed by atoms with E-state index >= 15 is 4.39 Å². The number of nitrogens with one attached hydrogen (secondary N) is 1. The Labute approximate surface area is 202 Å². The number of hydrogen-bond acceptors (Lipinski definition) is 5. The van der Waals surface area contributed by atoms with Crippen LogP contribution in [0.3, 0.4) is 0 Å². The molecule has 0 amide bonds. The van der Waals surface area contributed by atoms with E-state index in [1.165, 1.54) is 6.07 Å². The molecule has 180 valence electrons. The monoisotopic (exact) mass is 474 g/mol. The average Bonchev–Trinajstić information content (AvgIpc) is 3.28. The van der Waals surface area contributed by atoms with E-state index in [-0.39, 0.29) is 30.3 Å². The number of aliphatic carboxylic acids is 1. The number of H-pyrrole nitrogens is 1. The third-order valence-corrected chi connectivity index (χ3v) is 6.89. The van der Waals surface area contributed by atoms with E-state index in [1.54, 1.807) is 18.5 Å². The van der Waals surface area contributed by atoms with Crippen molar-refractivity contribution < 1.29 is 19.0 Å². The molecule has 1 aliphatic rings. The molecule has 8 heteroatoms. The zero-order valence-electron chi connectivity index (χ0n) is 19.7. The molecule has 0 saturated heterocycles. The third-order valence-electron chi connectivity index (χ3n) is 6.89. The second-order valence-electron chi connectivity index (χ2n) is 9.30. The average molecular weight is 475 g/mol. The maximum atomic E-state index is 15.1. The van der Waals surface area contributed by atoms with Gasteiger partial charge in [-0.1, -0.05) is 12.1 Å². The number of aryl methyl sites for hydroxylation is 2. The van der Waals surface area contributed by atoms with Gasteiger partial charge < -0.3 is 14.8 Å². The summed E-state index contributed by atoms with van der Waals surface area (Å²) in [5, 5.41) is 8.95. The Bertz CT molecular complexity index is 1380. The molecule has 0 atom stereocenters. The number of halogens is 1. The van der Waals surface area contributed by atoms with Crippen molar-refractivity contribution in [1.82, 2.24) is 19.9 Å². The van der Waals surface area contributed by atoms with Crippen LogP contribution >= 0.6 is 0 Å². The Balaban J connectivity index is 1.28. The van der Waals surface area contributed by atoms with Gasteiger partial charge in [0.15, 0.2) is 0 Å². The number of fused-ring (bicyclic) bond motifs is 1. The van der Waals surface area contributed by atoms with Gasteiger partial charge in [-0.3, -0.25) is 4.79 Å². The first-order chi connectivity index (χ1) is 16.9. The first-order valence-corrected chi connectivity index (χ1v) is 11.8. The molecule has 1 aliphatic carbocycles. The zero-order chi connectivity index (χ0) is 24.5. The lowest BCUT2D eigenvalue weighted by Gasteiger charge is -2.27.